The van der Waals surface area contributed by atoms with Gasteiger partial charge in [-0.2, -0.15) is 0 Å². The summed E-state index contributed by atoms with van der Waals surface area (Å²) < 4.78 is 17.2. The van der Waals surface area contributed by atoms with Crippen LogP contribution >= 0.6 is 0 Å². The average Bonchev–Trinajstić information content (AvgIpc) is 2.73. The summed E-state index contributed by atoms with van der Waals surface area (Å²) in [7, 11) is 0. The molecule has 0 bridgehead atoms. The van der Waals surface area contributed by atoms with Gasteiger partial charge in [-0.3, -0.25) is 0 Å². The van der Waals surface area contributed by atoms with Crippen LogP contribution < -0.4 is 10.2 Å². The van der Waals surface area contributed by atoms with Crippen molar-refractivity contribution in [3.63, 3.8) is 0 Å². The molecule has 6 nitrogen and oxygen atoms in total. The zero-order valence-corrected chi connectivity index (χ0v) is 19.2. The Kier molecular flexibility index (Phi) is 8.53. The Morgan fingerprint density at radius 2 is 0.862 bits per heavy atom. The molecule has 29 heavy (non-hydrogen) atoms. The van der Waals surface area contributed by atoms with Crippen LogP contribution in [0.1, 0.15) is 20.7 Å². The number of rotatable bonds is 2. The maximum atomic E-state index is 10.7. The number of hydrogen-bond acceptors (Lipinski definition) is 6. The molecule has 4 aromatic rings. The Hall–Kier alpha value is -3.01. The summed E-state index contributed by atoms with van der Waals surface area (Å²) in [6, 6.07) is 25.0. The molecule has 0 spiro atoms. The Balaban J connectivity index is 0.000000183. The summed E-state index contributed by atoms with van der Waals surface area (Å²) in [5.41, 5.74) is 0.496. The zero-order chi connectivity index (χ0) is 21.2. The first-order valence-corrected chi connectivity index (χ1v) is 11.8. The van der Waals surface area contributed by atoms with Gasteiger partial charge in [-0.05, 0) is 21.5 Å². The number of fused-ring (bicyclic) bond motifs is 2. The van der Waals surface area contributed by atoms with Crippen molar-refractivity contribution in [3.05, 3.63) is 96.1 Å². The van der Waals surface area contributed by atoms with Crippen LogP contribution in [0.3, 0.4) is 0 Å². The summed E-state index contributed by atoms with van der Waals surface area (Å²) in [6.45, 7) is 0. The summed E-state index contributed by atoms with van der Waals surface area (Å²) in [5.74, 6) is -2.26. The normalized spacial score (nSPS) is 9.38. The zero-order valence-electron chi connectivity index (χ0n) is 15.0. The second-order valence-electron chi connectivity index (χ2n) is 5.71. The molecule has 142 valence electrons. The van der Waals surface area contributed by atoms with Crippen LogP contribution in [0.25, 0.3) is 21.5 Å². The van der Waals surface area contributed by atoms with Crippen LogP contribution in [-0.2, 0) is 4.47 Å². The third-order valence-corrected chi connectivity index (χ3v) is 4.02. The van der Waals surface area contributed by atoms with Crippen molar-refractivity contribution < 1.29 is 52.1 Å². The van der Waals surface area contributed by atoms with Crippen molar-refractivity contribution in [2.24, 2.45) is 0 Å². The summed E-state index contributed by atoms with van der Waals surface area (Å²) in [6.07, 6.45) is 0. The fourth-order valence-electron chi connectivity index (χ4n) is 2.81. The molecule has 4 rings (SSSR count). The molecule has 0 aromatic heterocycles. The van der Waals surface area contributed by atoms with Gasteiger partial charge in [0, 0.05) is 11.1 Å². The molecule has 0 saturated heterocycles. The molecule has 0 amide bonds. The molecule has 0 atom stereocenters. The third-order valence-electron chi connectivity index (χ3n) is 4.02. The van der Waals surface area contributed by atoms with Gasteiger partial charge < -0.3 is 19.8 Å². The van der Waals surface area contributed by atoms with Crippen molar-refractivity contribution in [1.29, 1.82) is 0 Å². The van der Waals surface area contributed by atoms with Crippen LogP contribution in [0, 0.1) is 27.8 Å². The first kappa shape index (κ1) is 22.3. The third kappa shape index (κ3) is 5.98. The molecule has 0 fully saturated rings. The van der Waals surface area contributed by atoms with Crippen molar-refractivity contribution >= 4 is 33.5 Å². The van der Waals surface area contributed by atoms with Gasteiger partial charge in [0.25, 0.3) is 0 Å². The molecule has 0 aliphatic carbocycles. The van der Waals surface area contributed by atoms with E-state index < -0.39 is 39.8 Å². The van der Waals surface area contributed by atoms with Gasteiger partial charge in [-0.25, -0.2) is 0 Å². The molecular formula is C22H14O6U. The van der Waals surface area contributed by atoms with Crippen LogP contribution in [0.5, 0.6) is 0 Å². The van der Waals surface area contributed by atoms with Gasteiger partial charge >= 0.3 is 32.3 Å². The standard InChI is InChI=1S/2C11H8O2.2O.U/c2*12-11(13)10-7-3-5-8-4-1-2-6-9(8)10;;;/h2*1-7H,(H,12,13);;;/q;;;;+2/p-2. The Morgan fingerprint density at radius 1 is 0.552 bits per heavy atom. The summed E-state index contributed by atoms with van der Waals surface area (Å²) in [4.78, 5) is 21.4. The van der Waals surface area contributed by atoms with Crippen molar-refractivity contribution in [2.45, 2.75) is 0 Å². The van der Waals surface area contributed by atoms with E-state index in [9.17, 15) is 19.8 Å². The maximum absolute atomic E-state index is 10.7. The molecule has 0 N–H and O–H groups in total. The fourth-order valence-corrected chi connectivity index (χ4v) is 2.81. The van der Waals surface area contributed by atoms with E-state index in [1.807, 2.05) is 48.5 Å². The molecule has 0 saturated carbocycles. The van der Waals surface area contributed by atoms with Crippen molar-refractivity contribution in [1.82, 2.24) is 0 Å². The second kappa shape index (κ2) is 11.1. The number of carboxylic acids is 2. The molecule has 0 aliphatic rings. The number of carbonyl (C=O) groups excluding carboxylic acids is 2. The fraction of sp³-hybridized carbons (Fsp3) is 0. The number of aromatic carboxylic acids is 2. The van der Waals surface area contributed by atoms with Gasteiger partial charge in [0.2, 0.25) is 0 Å². The van der Waals surface area contributed by atoms with Gasteiger partial charge in [0.15, 0.2) is 0 Å². The molecule has 7 heteroatoms. The molecule has 0 radical (unpaired) electrons. The number of benzene rings is 4. The average molecular weight is 612 g/mol. The predicted molar refractivity (Wildman–Crippen MR) is 97.9 cm³/mol. The predicted octanol–water partition coefficient (Wildman–Crippen LogP) is 2.17. The number of carbonyl (C=O) groups is 2. The van der Waals surface area contributed by atoms with Crippen LogP contribution in [0.2, 0.25) is 0 Å². The summed E-state index contributed by atoms with van der Waals surface area (Å²) in [5, 5.41) is 24.7. The van der Waals surface area contributed by atoms with Gasteiger partial charge in [-0.15, -0.1) is 0 Å². The minimum atomic E-state index is -2.51. The van der Waals surface area contributed by atoms with E-state index in [-0.39, 0.29) is 11.1 Å². The molecule has 0 heterocycles. The monoisotopic (exact) mass is 612 g/mol. The molecular weight excluding hydrogens is 598 g/mol. The Bertz CT molecular complexity index is 1100. The van der Waals surface area contributed by atoms with E-state index in [0.717, 1.165) is 21.5 Å². The van der Waals surface area contributed by atoms with Crippen molar-refractivity contribution in [2.75, 3.05) is 0 Å². The van der Waals surface area contributed by atoms with E-state index in [4.69, 9.17) is 4.47 Å². The van der Waals surface area contributed by atoms with Gasteiger partial charge in [-0.1, -0.05) is 84.9 Å². The van der Waals surface area contributed by atoms with E-state index in [2.05, 4.69) is 0 Å². The van der Waals surface area contributed by atoms with Gasteiger partial charge in [0.1, 0.15) is 0 Å². The van der Waals surface area contributed by atoms with E-state index in [0.29, 0.717) is 0 Å². The van der Waals surface area contributed by atoms with Crippen LogP contribution in [0.4, 0.5) is 0 Å². The van der Waals surface area contributed by atoms with E-state index >= 15 is 0 Å². The van der Waals surface area contributed by atoms with Crippen molar-refractivity contribution in [3.8, 4) is 0 Å². The van der Waals surface area contributed by atoms with E-state index in [1.54, 1.807) is 36.4 Å². The van der Waals surface area contributed by atoms with Crippen LogP contribution in [0.15, 0.2) is 84.9 Å². The molecule has 0 unspecified atom stereocenters. The molecule has 4 aromatic carbocycles. The minimum absolute atomic E-state index is 0.248. The summed E-state index contributed by atoms with van der Waals surface area (Å²) >= 11 is -2.51. The first-order chi connectivity index (χ1) is 14.0. The van der Waals surface area contributed by atoms with E-state index in [1.165, 1.54) is 0 Å². The Morgan fingerprint density at radius 3 is 1.21 bits per heavy atom. The quantitative estimate of drug-likeness (QED) is 0.343. The number of carboxylic acid groups (broad SMARTS) is 2. The SMILES string of the molecule is O=C([O-])c1cccc2ccccc12.O=C([O-])c1cccc2ccccc12.[O]=[U+2]=[O]. The second-order valence-corrected chi connectivity index (χ2v) is 6.41. The molecule has 0 aliphatic heterocycles. The Labute approximate surface area is 181 Å². The van der Waals surface area contributed by atoms with Crippen LogP contribution in [-0.4, -0.2) is 11.9 Å². The topological polar surface area (TPSA) is 114 Å². The number of hydrogen-bond donors (Lipinski definition) is 0. The van der Waals surface area contributed by atoms with Gasteiger partial charge in [0.05, 0.1) is 11.9 Å². The first-order valence-electron chi connectivity index (χ1n) is 8.37.